The molecule has 0 radical (unpaired) electrons. The maximum absolute atomic E-state index is 11.9. The van der Waals surface area contributed by atoms with Crippen molar-refractivity contribution in [3.8, 4) is 5.19 Å². The summed E-state index contributed by atoms with van der Waals surface area (Å²) in [5.74, 6) is 0. The lowest BCUT2D eigenvalue weighted by atomic mass is 10.3. The Morgan fingerprint density at radius 2 is 2.37 bits per heavy atom. The summed E-state index contributed by atoms with van der Waals surface area (Å²) >= 11 is 6.64. The summed E-state index contributed by atoms with van der Waals surface area (Å²) in [6.07, 6.45) is 0. The standard InChI is InChI=1S/C11H10ClN3O3S/c1-2-18-11-14-10(17)15(19-11)9(16)13-8-5-3-4-7(12)6-8/h3-6H,2H2,1H3,(H,13,16). The van der Waals surface area contributed by atoms with E-state index in [1.54, 1.807) is 31.2 Å². The highest BCUT2D eigenvalue weighted by molar-refractivity contribution is 7.09. The normalized spacial score (nSPS) is 10.2. The number of anilines is 1. The van der Waals surface area contributed by atoms with E-state index in [2.05, 4.69) is 10.3 Å². The Morgan fingerprint density at radius 3 is 3.05 bits per heavy atom. The number of benzene rings is 1. The molecular formula is C11H10ClN3O3S. The molecule has 2 rings (SSSR count). The second-order valence-corrected chi connectivity index (χ2v) is 4.75. The van der Waals surface area contributed by atoms with E-state index < -0.39 is 11.7 Å². The van der Waals surface area contributed by atoms with Gasteiger partial charge in [0.2, 0.25) is 0 Å². The molecule has 6 nitrogen and oxygen atoms in total. The molecule has 1 heterocycles. The van der Waals surface area contributed by atoms with Crippen LogP contribution in [-0.2, 0) is 0 Å². The minimum Gasteiger partial charge on any atom is -0.469 e. The number of halogens is 1. The van der Waals surface area contributed by atoms with Crippen LogP contribution < -0.4 is 15.7 Å². The summed E-state index contributed by atoms with van der Waals surface area (Å²) in [4.78, 5) is 27.0. The van der Waals surface area contributed by atoms with Crippen LogP contribution in [0.25, 0.3) is 0 Å². The monoisotopic (exact) mass is 299 g/mol. The number of carbonyl (C=O) groups excluding carboxylic acids is 1. The van der Waals surface area contributed by atoms with Gasteiger partial charge in [-0.1, -0.05) is 17.7 Å². The number of carbonyl (C=O) groups is 1. The van der Waals surface area contributed by atoms with Crippen LogP contribution in [0.1, 0.15) is 6.92 Å². The van der Waals surface area contributed by atoms with Crippen LogP contribution in [0.2, 0.25) is 5.02 Å². The summed E-state index contributed by atoms with van der Waals surface area (Å²) in [5, 5.41) is 3.20. The highest BCUT2D eigenvalue weighted by atomic mass is 35.5. The highest BCUT2D eigenvalue weighted by Gasteiger charge is 2.14. The Balaban J connectivity index is 2.18. The van der Waals surface area contributed by atoms with Crippen molar-refractivity contribution in [3.63, 3.8) is 0 Å². The molecule has 1 aromatic carbocycles. The largest absolute Gasteiger partial charge is 0.469 e. The van der Waals surface area contributed by atoms with Crippen molar-refractivity contribution in [3.05, 3.63) is 39.8 Å². The summed E-state index contributed by atoms with van der Waals surface area (Å²) in [5.41, 5.74) is -0.177. The average molecular weight is 300 g/mol. The van der Waals surface area contributed by atoms with Crippen molar-refractivity contribution in [2.45, 2.75) is 6.92 Å². The lowest BCUT2D eigenvalue weighted by Crippen LogP contribution is -2.27. The van der Waals surface area contributed by atoms with Crippen molar-refractivity contribution in [2.75, 3.05) is 11.9 Å². The van der Waals surface area contributed by atoms with E-state index in [9.17, 15) is 9.59 Å². The second-order valence-electron chi connectivity index (χ2n) is 3.42. The molecule has 0 fully saturated rings. The predicted octanol–water partition coefficient (Wildman–Crippen LogP) is 2.44. The Kier molecular flexibility index (Phi) is 4.18. The molecule has 1 N–H and O–H groups in total. The van der Waals surface area contributed by atoms with Crippen LogP contribution in [0.5, 0.6) is 5.19 Å². The van der Waals surface area contributed by atoms with E-state index >= 15 is 0 Å². The molecule has 100 valence electrons. The van der Waals surface area contributed by atoms with Gasteiger partial charge in [0.1, 0.15) is 0 Å². The van der Waals surface area contributed by atoms with Gasteiger partial charge in [0.15, 0.2) is 0 Å². The number of hydrogen-bond donors (Lipinski definition) is 1. The first-order chi connectivity index (χ1) is 9.10. The first kappa shape index (κ1) is 13.6. The number of aromatic nitrogens is 2. The highest BCUT2D eigenvalue weighted by Crippen LogP contribution is 2.16. The summed E-state index contributed by atoms with van der Waals surface area (Å²) in [7, 11) is 0. The SMILES string of the molecule is CCOc1nc(=O)n(C(=O)Nc2cccc(Cl)c2)s1. The molecule has 0 aliphatic carbocycles. The third-order valence-corrected chi connectivity index (χ3v) is 3.16. The van der Waals surface area contributed by atoms with Gasteiger partial charge < -0.3 is 10.1 Å². The van der Waals surface area contributed by atoms with E-state index in [1.165, 1.54) is 0 Å². The Labute approximate surface area is 117 Å². The van der Waals surface area contributed by atoms with Gasteiger partial charge in [-0.15, -0.1) is 4.98 Å². The van der Waals surface area contributed by atoms with Crippen molar-refractivity contribution in [2.24, 2.45) is 0 Å². The molecule has 19 heavy (non-hydrogen) atoms. The fourth-order valence-electron chi connectivity index (χ4n) is 1.31. The quantitative estimate of drug-likeness (QED) is 0.944. The summed E-state index contributed by atoms with van der Waals surface area (Å²) in [6.45, 7) is 2.14. The van der Waals surface area contributed by atoms with Gasteiger partial charge in [-0.2, -0.15) is 3.96 Å². The Bertz CT molecular complexity index is 653. The molecule has 0 saturated heterocycles. The molecule has 0 aliphatic rings. The predicted molar refractivity (Wildman–Crippen MR) is 73.4 cm³/mol. The number of nitrogens with one attached hydrogen (secondary N) is 1. The number of rotatable bonds is 3. The van der Waals surface area contributed by atoms with E-state index in [0.717, 1.165) is 15.5 Å². The van der Waals surface area contributed by atoms with E-state index in [0.29, 0.717) is 17.3 Å². The summed E-state index contributed by atoms with van der Waals surface area (Å²) in [6, 6.07) is 6.02. The van der Waals surface area contributed by atoms with Gasteiger partial charge in [-0.3, -0.25) is 0 Å². The molecule has 0 atom stereocenters. The second kappa shape index (κ2) is 5.85. The molecule has 1 amide bonds. The smallest absolute Gasteiger partial charge is 0.369 e. The number of ether oxygens (including phenoxy) is 1. The number of hydrogen-bond acceptors (Lipinski definition) is 5. The van der Waals surface area contributed by atoms with Crippen molar-refractivity contribution in [1.29, 1.82) is 0 Å². The first-order valence-corrected chi connectivity index (χ1v) is 6.55. The van der Waals surface area contributed by atoms with Crippen LogP contribution >= 0.6 is 23.1 Å². The van der Waals surface area contributed by atoms with Gasteiger partial charge in [-0.05, 0) is 25.1 Å². The Hall–Kier alpha value is -1.86. The lowest BCUT2D eigenvalue weighted by molar-refractivity contribution is 0.254. The van der Waals surface area contributed by atoms with E-state index in [-0.39, 0.29) is 5.19 Å². The molecular weight excluding hydrogens is 290 g/mol. The molecule has 1 aromatic heterocycles. The molecule has 0 aliphatic heterocycles. The van der Waals surface area contributed by atoms with Gasteiger partial charge >= 0.3 is 11.7 Å². The van der Waals surface area contributed by atoms with Gasteiger partial charge in [0, 0.05) is 22.2 Å². The zero-order chi connectivity index (χ0) is 13.8. The lowest BCUT2D eigenvalue weighted by Gasteiger charge is -2.03. The van der Waals surface area contributed by atoms with Crippen molar-refractivity contribution >= 4 is 34.9 Å². The van der Waals surface area contributed by atoms with Crippen molar-refractivity contribution < 1.29 is 9.53 Å². The fourth-order valence-corrected chi connectivity index (χ4v) is 2.20. The average Bonchev–Trinajstić information content (AvgIpc) is 2.71. The number of nitrogens with zero attached hydrogens (tertiary/aromatic N) is 2. The zero-order valence-electron chi connectivity index (χ0n) is 9.92. The van der Waals surface area contributed by atoms with Crippen molar-refractivity contribution in [1.82, 2.24) is 8.94 Å². The molecule has 0 unspecified atom stereocenters. The molecule has 0 saturated carbocycles. The minimum absolute atomic E-state index is 0.161. The third kappa shape index (κ3) is 3.33. The maximum Gasteiger partial charge on any atom is 0.369 e. The molecule has 0 spiro atoms. The van der Waals surface area contributed by atoms with Crippen LogP contribution in [0.15, 0.2) is 29.1 Å². The fraction of sp³-hybridized carbons (Fsp3) is 0.182. The third-order valence-electron chi connectivity index (χ3n) is 2.06. The molecule has 0 bridgehead atoms. The van der Waals surface area contributed by atoms with Crippen LogP contribution in [0.3, 0.4) is 0 Å². The first-order valence-electron chi connectivity index (χ1n) is 5.40. The van der Waals surface area contributed by atoms with Gasteiger partial charge in [0.25, 0.3) is 5.19 Å². The minimum atomic E-state index is -0.673. The van der Waals surface area contributed by atoms with Gasteiger partial charge in [0.05, 0.1) is 6.61 Å². The zero-order valence-corrected chi connectivity index (χ0v) is 11.5. The van der Waals surface area contributed by atoms with Gasteiger partial charge in [-0.25, -0.2) is 9.59 Å². The molecule has 8 heteroatoms. The number of amides is 1. The summed E-state index contributed by atoms with van der Waals surface area (Å²) < 4.78 is 5.95. The maximum atomic E-state index is 11.9. The van der Waals surface area contributed by atoms with E-state index in [1.807, 2.05) is 0 Å². The Morgan fingerprint density at radius 1 is 1.58 bits per heavy atom. The van der Waals surface area contributed by atoms with Crippen LogP contribution in [0.4, 0.5) is 10.5 Å². The van der Waals surface area contributed by atoms with E-state index in [4.69, 9.17) is 16.3 Å². The van der Waals surface area contributed by atoms with Crippen LogP contribution in [0, 0.1) is 0 Å². The topological polar surface area (TPSA) is 73.2 Å². The molecule has 2 aromatic rings. The van der Waals surface area contributed by atoms with Crippen LogP contribution in [-0.4, -0.2) is 21.6 Å².